The first kappa shape index (κ1) is 11.0. The number of aryl methyl sites for hydroxylation is 1. The van der Waals surface area contributed by atoms with Crippen molar-refractivity contribution >= 4 is 16.8 Å². The summed E-state index contributed by atoms with van der Waals surface area (Å²) in [6.45, 7) is 3.80. The van der Waals surface area contributed by atoms with Crippen LogP contribution in [0.2, 0.25) is 0 Å². The number of hydrogen-bond donors (Lipinski definition) is 0. The Morgan fingerprint density at radius 2 is 2.12 bits per heavy atom. The van der Waals surface area contributed by atoms with E-state index in [1.165, 1.54) is 5.56 Å². The lowest BCUT2D eigenvalue weighted by Gasteiger charge is -2.09. The Morgan fingerprint density at radius 3 is 2.69 bits per heavy atom. The van der Waals surface area contributed by atoms with Crippen molar-refractivity contribution in [1.82, 2.24) is 0 Å². The zero-order valence-corrected chi connectivity index (χ0v) is 10.0. The van der Waals surface area contributed by atoms with Crippen LogP contribution in [0.3, 0.4) is 0 Å². The molecule has 0 spiro atoms. The maximum Gasteiger partial charge on any atom is 0.225 e. The predicted molar refractivity (Wildman–Crippen MR) is 64.2 cm³/mol. The minimum Gasteiger partial charge on any atom is -0.373 e. The lowest BCUT2D eigenvalue weighted by molar-refractivity contribution is 0.0425. The van der Waals surface area contributed by atoms with Crippen LogP contribution < -0.4 is 0 Å². The van der Waals surface area contributed by atoms with Crippen molar-refractivity contribution in [2.45, 2.75) is 30.8 Å². The van der Waals surface area contributed by atoms with Crippen LogP contribution in [-0.2, 0) is 4.84 Å². The van der Waals surface area contributed by atoms with Crippen LogP contribution in [0.4, 0.5) is 0 Å². The monoisotopic (exact) mass is 232 g/mol. The van der Waals surface area contributed by atoms with E-state index in [0.29, 0.717) is 6.42 Å². The molecule has 0 fully saturated rings. The van der Waals surface area contributed by atoms with Gasteiger partial charge in [-0.15, -0.1) is 0 Å². The third-order valence-corrected chi connectivity index (χ3v) is 3.29. The normalized spacial score (nSPS) is 23.4. The molecule has 0 amide bonds. The minimum absolute atomic E-state index is 0.558. The number of nitriles is 1. The summed E-state index contributed by atoms with van der Waals surface area (Å²) < 4.78 is 0. The lowest BCUT2D eigenvalue weighted by atomic mass is 10.1. The Labute approximate surface area is 99.1 Å². The molecule has 0 N–H and O–H groups in total. The van der Waals surface area contributed by atoms with Gasteiger partial charge in [0.25, 0.3) is 0 Å². The van der Waals surface area contributed by atoms with E-state index in [-0.39, 0.29) is 0 Å². The van der Waals surface area contributed by atoms with Crippen molar-refractivity contribution in [2.75, 3.05) is 0 Å². The molecule has 1 aliphatic heterocycles. The minimum atomic E-state index is -0.785. The maximum atomic E-state index is 8.89. The number of nitrogens with zero attached hydrogens (tertiary/aromatic N) is 2. The topological polar surface area (TPSA) is 45.4 Å². The zero-order valence-electron chi connectivity index (χ0n) is 9.23. The summed E-state index contributed by atoms with van der Waals surface area (Å²) in [5, 5.41) is 13.7. The molecular formula is C12H12N2OS. The van der Waals surface area contributed by atoms with Crippen molar-refractivity contribution < 1.29 is 4.84 Å². The first-order valence-corrected chi connectivity index (χ1v) is 5.84. The molecule has 1 atom stereocenters. The van der Waals surface area contributed by atoms with Crippen molar-refractivity contribution in [3.05, 3.63) is 29.8 Å². The summed E-state index contributed by atoms with van der Waals surface area (Å²) in [6, 6.07) is 10.3. The van der Waals surface area contributed by atoms with Gasteiger partial charge in [-0.2, -0.15) is 5.26 Å². The Hall–Kier alpha value is -1.47. The van der Waals surface area contributed by atoms with Gasteiger partial charge in [0.2, 0.25) is 5.60 Å². The maximum absolute atomic E-state index is 8.89. The molecule has 3 nitrogen and oxygen atoms in total. The standard InChI is InChI=1S/C12H12N2OS/c1-9-3-5-10(6-4-9)16-11-7-12(2,8-13)15-14-11/h3-6H,7H2,1-2H3. The molecule has 4 heteroatoms. The summed E-state index contributed by atoms with van der Waals surface area (Å²) in [7, 11) is 0. The average Bonchev–Trinajstić information content (AvgIpc) is 2.65. The van der Waals surface area contributed by atoms with E-state index in [1.807, 2.05) is 12.1 Å². The largest absolute Gasteiger partial charge is 0.373 e. The molecule has 1 heterocycles. The second-order valence-corrected chi connectivity index (χ2v) is 5.16. The predicted octanol–water partition coefficient (Wildman–Crippen LogP) is 3.10. The fraction of sp³-hybridized carbons (Fsp3) is 0.333. The highest BCUT2D eigenvalue weighted by Crippen LogP contribution is 2.31. The highest BCUT2D eigenvalue weighted by atomic mass is 32.2. The second kappa shape index (κ2) is 4.18. The van der Waals surface area contributed by atoms with E-state index < -0.39 is 5.60 Å². The molecule has 0 saturated heterocycles. The van der Waals surface area contributed by atoms with E-state index >= 15 is 0 Å². The number of benzene rings is 1. The van der Waals surface area contributed by atoms with E-state index in [2.05, 4.69) is 30.3 Å². The van der Waals surface area contributed by atoms with Gasteiger partial charge in [-0.25, -0.2) is 0 Å². The van der Waals surface area contributed by atoms with Gasteiger partial charge in [0.15, 0.2) is 0 Å². The van der Waals surface area contributed by atoms with Crippen LogP contribution in [-0.4, -0.2) is 10.6 Å². The molecule has 0 radical (unpaired) electrons. The Kier molecular flexibility index (Phi) is 2.88. The van der Waals surface area contributed by atoms with Crippen molar-refractivity contribution in [3.63, 3.8) is 0 Å². The van der Waals surface area contributed by atoms with Crippen LogP contribution >= 0.6 is 11.8 Å². The Bertz CT molecular complexity index is 461. The van der Waals surface area contributed by atoms with Gasteiger partial charge in [-0.05, 0) is 26.0 Å². The van der Waals surface area contributed by atoms with E-state index in [9.17, 15) is 0 Å². The molecule has 1 aliphatic rings. The molecule has 82 valence electrons. The van der Waals surface area contributed by atoms with Gasteiger partial charge in [-0.1, -0.05) is 34.6 Å². The highest BCUT2D eigenvalue weighted by Gasteiger charge is 2.34. The third kappa shape index (κ3) is 2.37. The zero-order chi connectivity index (χ0) is 11.6. The van der Waals surface area contributed by atoms with Gasteiger partial charge in [0.1, 0.15) is 11.1 Å². The molecule has 1 aromatic rings. The number of hydrogen-bond acceptors (Lipinski definition) is 4. The van der Waals surface area contributed by atoms with Gasteiger partial charge >= 0.3 is 0 Å². The average molecular weight is 232 g/mol. The van der Waals surface area contributed by atoms with Crippen LogP contribution in [0.5, 0.6) is 0 Å². The molecular weight excluding hydrogens is 220 g/mol. The second-order valence-electron chi connectivity index (χ2n) is 4.01. The molecule has 0 bridgehead atoms. The summed E-state index contributed by atoms with van der Waals surface area (Å²) in [4.78, 5) is 6.22. The molecule has 0 aromatic heterocycles. The van der Waals surface area contributed by atoms with E-state index in [0.717, 1.165) is 9.94 Å². The van der Waals surface area contributed by atoms with Crippen molar-refractivity contribution in [3.8, 4) is 6.07 Å². The van der Waals surface area contributed by atoms with Crippen molar-refractivity contribution in [2.24, 2.45) is 5.16 Å². The van der Waals surface area contributed by atoms with Gasteiger partial charge < -0.3 is 4.84 Å². The van der Waals surface area contributed by atoms with Crippen LogP contribution in [0.1, 0.15) is 18.9 Å². The third-order valence-electron chi connectivity index (χ3n) is 2.33. The first-order chi connectivity index (χ1) is 7.61. The van der Waals surface area contributed by atoms with E-state index in [1.54, 1.807) is 18.7 Å². The van der Waals surface area contributed by atoms with E-state index in [4.69, 9.17) is 10.1 Å². The quantitative estimate of drug-likeness (QED) is 0.747. The number of thioether (sulfide) groups is 1. The molecule has 1 aromatic carbocycles. The van der Waals surface area contributed by atoms with Crippen LogP contribution in [0, 0.1) is 18.3 Å². The lowest BCUT2D eigenvalue weighted by Crippen LogP contribution is -2.20. The number of rotatable bonds is 1. The summed E-state index contributed by atoms with van der Waals surface area (Å²) in [5.41, 5.74) is 0.448. The Balaban J connectivity index is 2.03. The van der Waals surface area contributed by atoms with Gasteiger partial charge in [0, 0.05) is 4.90 Å². The summed E-state index contributed by atoms with van der Waals surface area (Å²) >= 11 is 1.55. The molecule has 0 saturated carbocycles. The van der Waals surface area contributed by atoms with Gasteiger partial charge in [0.05, 0.1) is 6.42 Å². The van der Waals surface area contributed by atoms with Gasteiger partial charge in [-0.3, -0.25) is 0 Å². The highest BCUT2D eigenvalue weighted by molar-refractivity contribution is 8.14. The Morgan fingerprint density at radius 1 is 1.44 bits per heavy atom. The first-order valence-electron chi connectivity index (χ1n) is 5.02. The molecule has 1 unspecified atom stereocenters. The summed E-state index contributed by atoms with van der Waals surface area (Å²) in [5.74, 6) is 0. The SMILES string of the molecule is Cc1ccc(SC2=NOC(C)(C#N)C2)cc1. The molecule has 16 heavy (non-hydrogen) atoms. The van der Waals surface area contributed by atoms with Crippen LogP contribution in [0.15, 0.2) is 34.3 Å². The van der Waals surface area contributed by atoms with Crippen LogP contribution in [0.25, 0.3) is 0 Å². The summed E-state index contributed by atoms with van der Waals surface area (Å²) in [6.07, 6.45) is 0.558. The molecule has 2 rings (SSSR count). The fourth-order valence-electron chi connectivity index (χ4n) is 1.36. The fourth-order valence-corrected chi connectivity index (χ4v) is 2.33. The smallest absolute Gasteiger partial charge is 0.225 e. The number of oxime groups is 1. The van der Waals surface area contributed by atoms with Crippen molar-refractivity contribution in [1.29, 1.82) is 5.26 Å². The molecule has 0 aliphatic carbocycles.